The van der Waals surface area contributed by atoms with Gasteiger partial charge in [-0.1, -0.05) is 11.6 Å². The van der Waals surface area contributed by atoms with Crippen LogP contribution >= 0.6 is 22.9 Å². The Kier molecular flexibility index (Phi) is 6.47. The molecule has 15 heteroatoms. The number of pyridine rings is 1. The van der Waals surface area contributed by atoms with Crippen molar-refractivity contribution in [2.75, 3.05) is 6.26 Å². The average Bonchev–Trinajstić information content (AvgIpc) is 3.19. The molecule has 0 saturated heterocycles. The summed E-state index contributed by atoms with van der Waals surface area (Å²) in [6.45, 7) is 0. The molecule has 0 aliphatic heterocycles. The minimum Gasteiger partial charge on any atom is -0.244 e. The zero-order chi connectivity index (χ0) is 23.9. The van der Waals surface area contributed by atoms with Gasteiger partial charge in [0, 0.05) is 22.4 Å². The van der Waals surface area contributed by atoms with Crippen molar-refractivity contribution in [3.63, 3.8) is 0 Å². The van der Waals surface area contributed by atoms with Crippen LogP contribution in [0.15, 0.2) is 76.8 Å². The van der Waals surface area contributed by atoms with Crippen molar-refractivity contribution in [2.24, 2.45) is 3.77 Å². The maximum atomic E-state index is 12.8. The van der Waals surface area contributed by atoms with Crippen molar-refractivity contribution in [1.82, 2.24) is 4.98 Å². The number of hydrogen-bond acceptors (Lipinski definition) is 7. The normalized spacial score (nSPS) is 14.7. The van der Waals surface area contributed by atoms with Crippen molar-refractivity contribution >= 4 is 52.5 Å². The third-order valence-corrected chi connectivity index (χ3v) is 11.8. The Balaban J connectivity index is 1.98. The first-order chi connectivity index (χ1) is 14.6. The maximum Gasteiger partial charge on any atom is 0.417 e. The largest absolute Gasteiger partial charge is 0.417 e. The molecule has 0 unspecified atom stereocenters. The molecule has 0 fully saturated rings. The predicted molar refractivity (Wildman–Crippen MR) is 112 cm³/mol. The lowest BCUT2D eigenvalue weighted by Crippen LogP contribution is -2.08. The molecular formula is C17H12ClF3N2O5S4. The van der Waals surface area contributed by atoms with Crippen LogP contribution in [0, 0.1) is 0 Å². The molecule has 0 aliphatic carbocycles. The number of benzene rings is 1. The van der Waals surface area contributed by atoms with E-state index in [1.54, 1.807) is 0 Å². The van der Waals surface area contributed by atoms with Gasteiger partial charge in [0.1, 0.15) is 8.42 Å². The Hall–Kier alpha value is -2.00. The summed E-state index contributed by atoms with van der Waals surface area (Å²) in [6.07, 6.45) is -3.23. The highest BCUT2D eigenvalue weighted by Gasteiger charge is 2.32. The fourth-order valence-corrected chi connectivity index (χ4v) is 8.94. The summed E-state index contributed by atoms with van der Waals surface area (Å²) >= 11 is 6.07. The zero-order valence-corrected chi connectivity index (χ0v) is 19.8. The molecule has 3 rings (SSSR count). The number of sulfone groups is 1. The number of thiophene rings is 1. The highest BCUT2D eigenvalue weighted by atomic mass is 35.5. The van der Waals surface area contributed by atoms with Crippen LogP contribution in [0.25, 0.3) is 0 Å². The van der Waals surface area contributed by atoms with E-state index in [9.17, 15) is 34.2 Å². The van der Waals surface area contributed by atoms with E-state index in [-0.39, 0.29) is 4.90 Å². The molecule has 32 heavy (non-hydrogen) atoms. The van der Waals surface area contributed by atoms with E-state index >= 15 is 0 Å². The quantitative estimate of drug-likeness (QED) is 0.468. The van der Waals surface area contributed by atoms with E-state index in [1.165, 1.54) is 24.3 Å². The summed E-state index contributed by atoms with van der Waals surface area (Å²) in [5, 5.41) is -0.342. The zero-order valence-electron chi connectivity index (χ0n) is 15.8. The molecule has 172 valence electrons. The first kappa shape index (κ1) is 24.6. The van der Waals surface area contributed by atoms with Crippen LogP contribution in [0.5, 0.6) is 0 Å². The van der Waals surface area contributed by atoms with Gasteiger partial charge in [0.05, 0.1) is 15.3 Å². The standard InChI is InChI=1S/C17H12ClF3N2O5S4/c1-30(24,13-5-3-12(18)4-6-13)23-32(27,28)16-9-8-15(29-16)31(25,26)14-7-2-11(10-22-14)17(19,20)21/h2-10H,1H3/t30-/m1/s1. The number of nitrogens with zero attached hydrogens (tertiary/aromatic N) is 2. The maximum absolute atomic E-state index is 12.8. The fourth-order valence-electron chi connectivity index (χ4n) is 2.35. The van der Waals surface area contributed by atoms with Crippen molar-refractivity contribution in [2.45, 2.75) is 24.5 Å². The minimum atomic E-state index is -4.70. The van der Waals surface area contributed by atoms with Gasteiger partial charge in [-0.25, -0.2) is 17.6 Å². The number of aromatic nitrogens is 1. The molecule has 0 amide bonds. The summed E-state index contributed by atoms with van der Waals surface area (Å²) in [7, 11) is -12.3. The Bertz CT molecular complexity index is 1490. The molecule has 0 saturated carbocycles. The Labute approximate surface area is 191 Å². The second-order valence-corrected chi connectivity index (χ2v) is 14.2. The highest BCUT2D eigenvalue weighted by Crippen LogP contribution is 2.33. The monoisotopic (exact) mass is 544 g/mol. The molecule has 3 aromatic rings. The van der Waals surface area contributed by atoms with E-state index in [1.807, 2.05) is 0 Å². The SMILES string of the molecule is C[S@](=O)(=NS(=O)(=O)c1ccc(S(=O)(=O)c2ccc(C(F)(F)F)cn2)s1)c1ccc(Cl)cc1. The molecular weight excluding hydrogens is 533 g/mol. The van der Waals surface area contributed by atoms with Gasteiger partial charge in [-0.05, 0) is 48.5 Å². The van der Waals surface area contributed by atoms with Crippen LogP contribution in [-0.2, 0) is 35.8 Å². The van der Waals surface area contributed by atoms with Crippen LogP contribution in [0.3, 0.4) is 0 Å². The van der Waals surface area contributed by atoms with Gasteiger partial charge in [-0.3, -0.25) is 0 Å². The van der Waals surface area contributed by atoms with Gasteiger partial charge < -0.3 is 0 Å². The van der Waals surface area contributed by atoms with Crippen LogP contribution in [-0.4, -0.2) is 32.3 Å². The molecule has 2 aromatic heterocycles. The summed E-state index contributed by atoms with van der Waals surface area (Å²) < 4.78 is 104. The summed E-state index contributed by atoms with van der Waals surface area (Å²) in [5.74, 6) is 0. The average molecular weight is 545 g/mol. The third kappa shape index (κ3) is 5.14. The van der Waals surface area contributed by atoms with E-state index in [2.05, 4.69) is 8.75 Å². The van der Waals surface area contributed by atoms with Crippen molar-refractivity contribution in [1.29, 1.82) is 0 Å². The lowest BCUT2D eigenvalue weighted by atomic mass is 10.3. The van der Waals surface area contributed by atoms with Gasteiger partial charge in [0.2, 0.25) is 9.84 Å². The van der Waals surface area contributed by atoms with Crippen molar-refractivity contribution in [3.8, 4) is 0 Å². The summed E-state index contributed by atoms with van der Waals surface area (Å²) in [5.41, 5.74) is -1.13. The first-order valence-corrected chi connectivity index (χ1v) is 14.3. The second-order valence-electron chi connectivity index (χ2n) is 6.27. The summed E-state index contributed by atoms with van der Waals surface area (Å²) in [4.78, 5) is 3.44. The van der Waals surface area contributed by atoms with Gasteiger partial charge in [0.15, 0.2) is 5.03 Å². The predicted octanol–water partition coefficient (Wildman–Crippen LogP) is 4.49. The Morgan fingerprint density at radius 2 is 1.50 bits per heavy atom. The van der Waals surface area contributed by atoms with Crippen LogP contribution in [0.2, 0.25) is 5.02 Å². The Morgan fingerprint density at radius 1 is 0.906 bits per heavy atom. The number of alkyl halides is 3. The Morgan fingerprint density at radius 3 is 2.03 bits per heavy atom. The lowest BCUT2D eigenvalue weighted by Gasteiger charge is -2.06. The molecule has 1 aromatic carbocycles. The minimum absolute atomic E-state index is 0.101. The molecule has 0 bridgehead atoms. The van der Waals surface area contributed by atoms with Gasteiger partial charge >= 0.3 is 6.18 Å². The van der Waals surface area contributed by atoms with E-state index in [0.717, 1.165) is 18.4 Å². The number of halogens is 4. The smallest absolute Gasteiger partial charge is 0.244 e. The van der Waals surface area contributed by atoms with Gasteiger partial charge in [-0.2, -0.15) is 21.6 Å². The first-order valence-electron chi connectivity index (χ1n) is 8.25. The van der Waals surface area contributed by atoms with Gasteiger partial charge in [-0.15, -0.1) is 15.1 Å². The molecule has 0 radical (unpaired) electrons. The molecule has 1 atom stereocenters. The van der Waals surface area contributed by atoms with Crippen molar-refractivity contribution < 1.29 is 34.2 Å². The molecule has 0 spiro atoms. The van der Waals surface area contributed by atoms with Gasteiger partial charge in [0.25, 0.3) is 10.0 Å². The molecule has 0 aliphatic rings. The molecule has 0 N–H and O–H groups in total. The van der Waals surface area contributed by atoms with Crippen LogP contribution in [0.1, 0.15) is 5.56 Å². The second kappa shape index (κ2) is 8.41. The lowest BCUT2D eigenvalue weighted by molar-refractivity contribution is -0.137. The number of sulfonamides is 1. The number of rotatable bonds is 5. The molecule has 7 nitrogen and oxygen atoms in total. The molecule has 2 heterocycles. The van der Waals surface area contributed by atoms with E-state index in [4.69, 9.17) is 11.6 Å². The summed E-state index contributed by atoms with van der Waals surface area (Å²) in [6, 6.07) is 8.67. The van der Waals surface area contributed by atoms with Crippen molar-refractivity contribution in [3.05, 3.63) is 65.3 Å². The fraction of sp³-hybridized carbons (Fsp3) is 0.118. The highest BCUT2D eigenvalue weighted by molar-refractivity contribution is 8.04. The topological polar surface area (TPSA) is 111 Å². The number of hydrogen-bond donors (Lipinski definition) is 0. The van der Waals surface area contributed by atoms with Crippen LogP contribution < -0.4 is 0 Å². The van der Waals surface area contributed by atoms with E-state index < -0.39 is 54.8 Å². The van der Waals surface area contributed by atoms with E-state index in [0.29, 0.717) is 34.7 Å². The third-order valence-electron chi connectivity index (χ3n) is 3.91. The van der Waals surface area contributed by atoms with Crippen LogP contribution in [0.4, 0.5) is 13.2 Å².